The van der Waals surface area contributed by atoms with Gasteiger partial charge in [-0.05, 0) is 48.8 Å². The fourth-order valence-electron chi connectivity index (χ4n) is 3.11. The number of aryl methyl sites for hydroxylation is 1. The molecule has 106 valence electrons. The minimum Gasteiger partial charge on any atom is -0.382 e. The number of hydrogen-bond donors (Lipinski definition) is 1. The smallest absolute Gasteiger partial charge is 0.0342 e. The van der Waals surface area contributed by atoms with Crippen LogP contribution in [0.4, 0.5) is 5.69 Å². The number of rotatable bonds is 5. The van der Waals surface area contributed by atoms with E-state index in [-0.39, 0.29) is 0 Å². The van der Waals surface area contributed by atoms with E-state index in [1.54, 1.807) is 0 Å². The Hall–Kier alpha value is -0.980. The average molecular weight is 259 g/mol. The first-order valence-electron chi connectivity index (χ1n) is 7.97. The van der Waals surface area contributed by atoms with Crippen molar-refractivity contribution in [2.45, 2.75) is 71.8 Å². The fourth-order valence-corrected chi connectivity index (χ4v) is 3.11. The molecule has 1 aliphatic rings. The van der Waals surface area contributed by atoms with Crippen molar-refractivity contribution in [3.63, 3.8) is 0 Å². The first-order chi connectivity index (χ1) is 9.12. The van der Waals surface area contributed by atoms with Crippen LogP contribution in [0.1, 0.15) is 64.9 Å². The molecule has 1 unspecified atom stereocenters. The molecule has 1 saturated carbocycles. The lowest BCUT2D eigenvalue weighted by Gasteiger charge is -2.39. The highest BCUT2D eigenvalue weighted by Gasteiger charge is 2.31. The van der Waals surface area contributed by atoms with Crippen molar-refractivity contribution >= 4 is 5.69 Å². The summed E-state index contributed by atoms with van der Waals surface area (Å²) in [4.78, 5) is 0. The molecule has 1 aromatic rings. The minimum absolute atomic E-state index is 0.430. The molecule has 0 spiro atoms. The zero-order chi connectivity index (χ0) is 13.7. The molecule has 1 fully saturated rings. The van der Waals surface area contributed by atoms with Crippen LogP contribution in [0.15, 0.2) is 24.3 Å². The standard InChI is InChI=1S/C18H29N/c1-4-5-8-15-10-12-16(13-11-15)19-17-9-6-7-14-18(17,2)3/h10-13,17,19H,4-9,14H2,1-3H3. The first-order valence-corrected chi connectivity index (χ1v) is 7.97. The van der Waals surface area contributed by atoms with Gasteiger partial charge >= 0.3 is 0 Å². The maximum absolute atomic E-state index is 3.75. The molecule has 1 aromatic carbocycles. The number of anilines is 1. The molecule has 0 saturated heterocycles. The second-order valence-electron chi connectivity index (χ2n) is 6.73. The topological polar surface area (TPSA) is 12.0 Å². The Kier molecular flexibility index (Phi) is 4.90. The highest BCUT2D eigenvalue weighted by molar-refractivity contribution is 5.46. The number of unbranched alkanes of at least 4 members (excludes halogenated alkanes) is 1. The van der Waals surface area contributed by atoms with Crippen LogP contribution < -0.4 is 5.32 Å². The van der Waals surface area contributed by atoms with Gasteiger partial charge in [-0.3, -0.25) is 0 Å². The van der Waals surface area contributed by atoms with Gasteiger partial charge in [-0.2, -0.15) is 0 Å². The van der Waals surface area contributed by atoms with Gasteiger partial charge in [-0.1, -0.05) is 52.2 Å². The minimum atomic E-state index is 0.430. The molecule has 1 heteroatoms. The van der Waals surface area contributed by atoms with E-state index >= 15 is 0 Å². The summed E-state index contributed by atoms with van der Waals surface area (Å²) in [5.74, 6) is 0. The Morgan fingerprint density at radius 2 is 1.89 bits per heavy atom. The molecule has 0 aromatic heterocycles. The second kappa shape index (κ2) is 6.45. The maximum Gasteiger partial charge on any atom is 0.0342 e. The lowest BCUT2D eigenvalue weighted by atomic mass is 9.73. The highest BCUT2D eigenvalue weighted by atomic mass is 14.9. The van der Waals surface area contributed by atoms with Gasteiger partial charge in [0.25, 0.3) is 0 Å². The van der Waals surface area contributed by atoms with Gasteiger partial charge < -0.3 is 5.32 Å². The van der Waals surface area contributed by atoms with Crippen molar-refractivity contribution in [2.75, 3.05) is 5.32 Å². The third kappa shape index (κ3) is 3.99. The van der Waals surface area contributed by atoms with Gasteiger partial charge in [0.2, 0.25) is 0 Å². The second-order valence-corrected chi connectivity index (χ2v) is 6.73. The normalized spacial score (nSPS) is 22.2. The lowest BCUT2D eigenvalue weighted by Crippen LogP contribution is -2.38. The van der Waals surface area contributed by atoms with Crippen LogP contribution in [0, 0.1) is 5.41 Å². The predicted molar refractivity (Wildman–Crippen MR) is 84.7 cm³/mol. The van der Waals surface area contributed by atoms with E-state index in [0.717, 1.165) is 0 Å². The number of hydrogen-bond acceptors (Lipinski definition) is 1. The first kappa shape index (κ1) is 14.4. The lowest BCUT2D eigenvalue weighted by molar-refractivity contribution is 0.217. The summed E-state index contributed by atoms with van der Waals surface area (Å²) in [6, 6.07) is 9.72. The molecule has 1 aliphatic carbocycles. The molecule has 0 bridgehead atoms. The molecular formula is C18H29N. The third-order valence-corrected chi connectivity index (χ3v) is 4.62. The van der Waals surface area contributed by atoms with Crippen molar-refractivity contribution in [1.29, 1.82) is 0 Å². The number of nitrogens with one attached hydrogen (secondary N) is 1. The molecule has 0 amide bonds. The van der Waals surface area contributed by atoms with Gasteiger partial charge in [-0.25, -0.2) is 0 Å². The SMILES string of the molecule is CCCCc1ccc(NC2CCCCC2(C)C)cc1. The van der Waals surface area contributed by atoms with E-state index in [2.05, 4.69) is 50.4 Å². The van der Waals surface area contributed by atoms with Crippen molar-refractivity contribution in [1.82, 2.24) is 0 Å². The van der Waals surface area contributed by atoms with Crippen LogP contribution in [0.2, 0.25) is 0 Å². The fraction of sp³-hybridized carbons (Fsp3) is 0.667. The maximum atomic E-state index is 3.75. The summed E-state index contributed by atoms with van der Waals surface area (Å²) >= 11 is 0. The van der Waals surface area contributed by atoms with Gasteiger partial charge in [0.15, 0.2) is 0 Å². The van der Waals surface area contributed by atoms with E-state index in [9.17, 15) is 0 Å². The summed E-state index contributed by atoms with van der Waals surface area (Å²) in [5, 5.41) is 3.75. The molecule has 19 heavy (non-hydrogen) atoms. The van der Waals surface area contributed by atoms with E-state index in [0.29, 0.717) is 11.5 Å². The zero-order valence-corrected chi connectivity index (χ0v) is 12.8. The Morgan fingerprint density at radius 3 is 2.53 bits per heavy atom. The van der Waals surface area contributed by atoms with E-state index in [1.165, 1.54) is 56.2 Å². The molecule has 0 aliphatic heterocycles. The van der Waals surface area contributed by atoms with Crippen molar-refractivity contribution < 1.29 is 0 Å². The Morgan fingerprint density at radius 1 is 1.16 bits per heavy atom. The van der Waals surface area contributed by atoms with E-state index < -0.39 is 0 Å². The van der Waals surface area contributed by atoms with Gasteiger partial charge in [0.1, 0.15) is 0 Å². The highest BCUT2D eigenvalue weighted by Crippen LogP contribution is 2.37. The Labute approximate surface area is 118 Å². The van der Waals surface area contributed by atoms with Gasteiger partial charge in [0.05, 0.1) is 0 Å². The van der Waals surface area contributed by atoms with Crippen molar-refractivity contribution in [3.05, 3.63) is 29.8 Å². The summed E-state index contributed by atoms with van der Waals surface area (Å²) < 4.78 is 0. The zero-order valence-electron chi connectivity index (χ0n) is 12.8. The van der Waals surface area contributed by atoms with E-state index in [1.807, 2.05) is 0 Å². The largest absolute Gasteiger partial charge is 0.382 e. The van der Waals surface area contributed by atoms with Crippen LogP contribution in [-0.2, 0) is 6.42 Å². The van der Waals surface area contributed by atoms with Gasteiger partial charge in [-0.15, -0.1) is 0 Å². The van der Waals surface area contributed by atoms with Crippen LogP contribution in [0.3, 0.4) is 0 Å². The van der Waals surface area contributed by atoms with Crippen LogP contribution in [0.25, 0.3) is 0 Å². The summed E-state index contributed by atoms with van der Waals surface area (Å²) in [7, 11) is 0. The van der Waals surface area contributed by atoms with Crippen molar-refractivity contribution in [3.8, 4) is 0 Å². The van der Waals surface area contributed by atoms with Crippen molar-refractivity contribution in [2.24, 2.45) is 5.41 Å². The van der Waals surface area contributed by atoms with Crippen LogP contribution in [0.5, 0.6) is 0 Å². The Balaban J connectivity index is 1.95. The molecule has 1 N–H and O–H groups in total. The monoisotopic (exact) mass is 259 g/mol. The molecule has 0 heterocycles. The van der Waals surface area contributed by atoms with Gasteiger partial charge in [0, 0.05) is 11.7 Å². The summed E-state index contributed by atoms with van der Waals surface area (Å²) in [6.07, 6.45) is 9.20. The number of benzene rings is 1. The molecular weight excluding hydrogens is 230 g/mol. The van der Waals surface area contributed by atoms with E-state index in [4.69, 9.17) is 0 Å². The molecule has 2 rings (SSSR count). The summed E-state index contributed by atoms with van der Waals surface area (Å²) in [6.45, 7) is 7.06. The summed E-state index contributed by atoms with van der Waals surface area (Å²) in [5.41, 5.74) is 3.19. The average Bonchev–Trinajstić information content (AvgIpc) is 2.40. The predicted octanol–water partition coefficient (Wildman–Crippen LogP) is 5.41. The molecule has 0 radical (unpaired) electrons. The molecule has 1 atom stereocenters. The quantitative estimate of drug-likeness (QED) is 0.745. The Bertz CT molecular complexity index is 377. The molecule has 1 nitrogen and oxygen atoms in total. The van der Waals surface area contributed by atoms with Crippen LogP contribution in [-0.4, -0.2) is 6.04 Å². The third-order valence-electron chi connectivity index (χ3n) is 4.62. The van der Waals surface area contributed by atoms with Crippen LogP contribution >= 0.6 is 0 Å².